The monoisotopic (exact) mass is 668 g/mol. The van der Waals surface area contributed by atoms with Crippen molar-refractivity contribution in [2.24, 2.45) is 4.99 Å². The Morgan fingerprint density at radius 1 is 0.612 bits per heavy atom. The Labute approximate surface area is 297 Å². The maximum atomic E-state index is 5.18. The van der Waals surface area contributed by atoms with E-state index in [1.54, 1.807) is 0 Å². The normalized spacial score (nSPS) is 14.6. The first kappa shape index (κ1) is 34.7. The van der Waals surface area contributed by atoms with Crippen molar-refractivity contribution in [3.05, 3.63) is 154 Å². The fourth-order valence-corrected chi connectivity index (χ4v) is 7.65. The summed E-state index contributed by atoms with van der Waals surface area (Å²) in [6.45, 7) is 9.58. The summed E-state index contributed by atoms with van der Waals surface area (Å²) < 4.78 is 0. The second-order valence-electron chi connectivity index (χ2n) is 13.6. The number of aliphatic imine (C=N–C) groups is 1. The Bertz CT molecular complexity index is 1840. The zero-order valence-electron chi connectivity index (χ0n) is 29.5. The van der Waals surface area contributed by atoms with Gasteiger partial charge in [-0.1, -0.05) is 72.8 Å². The van der Waals surface area contributed by atoms with Gasteiger partial charge in [0.25, 0.3) is 0 Å². The summed E-state index contributed by atoms with van der Waals surface area (Å²) in [7, 11) is 6.51. The van der Waals surface area contributed by atoms with Gasteiger partial charge in [-0.05, 0) is 98.2 Å². The Morgan fingerprint density at radius 2 is 1.27 bits per heavy atom. The van der Waals surface area contributed by atoms with E-state index in [0.717, 1.165) is 56.4 Å². The smallest absolute Gasteiger partial charge is 0.0856 e. The molecule has 0 saturated carbocycles. The van der Waals surface area contributed by atoms with E-state index in [9.17, 15) is 0 Å². The molecule has 3 aromatic carbocycles. The van der Waals surface area contributed by atoms with Gasteiger partial charge in [0.15, 0.2) is 0 Å². The summed E-state index contributed by atoms with van der Waals surface area (Å²) in [5, 5.41) is 1.23. The molecule has 7 heteroatoms. The topological polar surface area (TPSA) is 47.9 Å². The van der Waals surface area contributed by atoms with Crippen LogP contribution in [0, 0.1) is 13.8 Å². The molecule has 0 radical (unpaired) electrons. The molecule has 6 nitrogen and oxygen atoms in total. The van der Waals surface area contributed by atoms with Crippen LogP contribution in [0.25, 0.3) is 11.3 Å². The number of rotatable bonds is 14. The SMILES string of the molecule is Cc1ccc(CN(C)Cc2ccccn2)cc1-c1ccc(CN(C)Cc2ccc(C)c(C3CSC(CN(C)Cc4ccccc4)=N3)c2)cn1. The van der Waals surface area contributed by atoms with Crippen LogP contribution in [0.15, 0.2) is 114 Å². The Hall–Kier alpha value is -4.14. The van der Waals surface area contributed by atoms with Crippen molar-refractivity contribution >= 4 is 16.8 Å². The van der Waals surface area contributed by atoms with Crippen molar-refractivity contribution in [1.29, 1.82) is 0 Å². The number of aromatic nitrogens is 2. The molecule has 0 amide bonds. The molecule has 5 aromatic rings. The molecule has 2 aromatic heterocycles. The second-order valence-corrected chi connectivity index (χ2v) is 14.7. The number of pyridine rings is 2. The van der Waals surface area contributed by atoms with Crippen molar-refractivity contribution in [1.82, 2.24) is 24.7 Å². The zero-order chi connectivity index (χ0) is 34.2. The Morgan fingerprint density at radius 3 is 2.00 bits per heavy atom. The van der Waals surface area contributed by atoms with Gasteiger partial charge in [0.1, 0.15) is 0 Å². The molecule has 0 spiro atoms. The Kier molecular flexibility index (Phi) is 11.7. The lowest BCUT2D eigenvalue weighted by Gasteiger charge is -2.19. The van der Waals surface area contributed by atoms with Crippen LogP contribution in [-0.2, 0) is 32.7 Å². The van der Waals surface area contributed by atoms with E-state index in [2.05, 4.69) is 140 Å². The van der Waals surface area contributed by atoms with Crippen molar-refractivity contribution in [2.75, 3.05) is 33.4 Å². The average Bonchev–Trinajstić information content (AvgIpc) is 3.55. The van der Waals surface area contributed by atoms with Gasteiger partial charge in [-0.25, -0.2) is 0 Å². The van der Waals surface area contributed by atoms with Crippen LogP contribution >= 0.6 is 11.8 Å². The first-order valence-electron chi connectivity index (χ1n) is 17.1. The van der Waals surface area contributed by atoms with Crippen molar-refractivity contribution in [3.8, 4) is 11.3 Å². The van der Waals surface area contributed by atoms with Gasteiger partial charge in [-0.3, -0.25) is 29.7 Å². The van der Waals surface area contributed by atoms with Crippen molar-refractivity contribution < 1.29 is 0 Å². The highest BCUT2D eigenvalue weighted by Crippen LogP contribution is 2.33. The molecule has 0 saturated heterocycles. The molecule has 0 bridgehead atoms. The molecule has 49 heavy (non-hydrogen) atoms. The van der Waals surface area contributed by atoms with Gasteiger partial charge in [0.05, 0.1) is 22.5 Å². The first-order valence-corrected chi connectivity index (χ1v) is 18.1. The van der Waals surface area contributed by atoms with E-state index in [4.69, 9.17) is 9.98 Å². The molecule has 1 aliphatic rings. The number of benzene rings is 3. The standard InChI is InChI=1S/C42H48N6S/c1-31-14-16-34(26-47(4)28-37-13-9-10-20-43-37)21-38(31)40-19-18-36(23-44-40)27-46(3)25-35-17-15-32(2)39(22-35)41-30-49-42(45-41)29-48(5)24-33-11-7-6-8-12-33/h6-23,41H,24-30H2,1-5H3. The van der Waals surface area contributed by atoms with Crippen molar-refractivity contribution in [3.63, 3.8) is 0 Å². The summed E-state index contributed by atoms with van der Waals surface area (Å²) in [4.78, 5) is 21.6. The summed E-state index contributed by atoms with van der Waals surface area (Å²) in [5.41, 5.74) is 12.3. The minimum Gasteiger partial charge on any atom is -0.298 e. The fourth-order valence-electron chi connectivity index (χ4n) is 6.53. The maximum Gasteiger partial charge on any atom is 0.0856 e. The van der Waals surface area contributed by atoms with Crippen LogP contribution in [-0.4, -0.2) is 63.2 Å². The molecule has 6 rings (SSSR count). The summed E-state index contributed by atoms with van der Waals surface area (Å²) >= 11 is 1.90. The fraction of sp³-hybridized carbons (Fsp3) is 0.310. The van der Waals surface area contributed by atoms with E-state index >= 15 is 0 Å². The second kappa shape index (κ2) is 16.5. The summed E-state index contributed by atoms with van der Waals surface area (Å²) in [5.74, 6) is 1.01. The summed E-state index contributed by atoms with van der Waals surface area (Å²) in [6.07, 6.45) is 3.89. The molecule has 1 unspecified atom stereocenters. The zero-order valence-corrected chi connectivity index (χ0v) is 30.3. The molecular weight excluding hydrogens is 621 g/mol. The highest BCUT2D eigenvalue weighted by Gasteiger charge is 2.23. The van der Waals surface area contributed by atoms with E-state index < -0.39 is 0 Å². The van der Waals surface area contributed by atoms with Crippen LogP contribution in [0.1, 0.15) is 50.7 Å². The first-order chi connectivity index (χ1) is 23.8. The molecule has 0 fully saturated rings. The lowest BCUT2D eigenvalue weighted by atomic mass is 9.99. The van der Waals surface area contributed by atoms with Crippen LogP contribution in [0.4, 0.5) is 0 Å². The maximum absolute atomic E-state index is 5.18. The number of aryl methyl sites for hydroxylation is 2. The van der Waals surface area contributed by atoms with Gasteiger partial charge in [-0.2, -0.15) is 0 Å². The van der Waals surface area contributed by atoms with Crippen LogP contribution in [0.5, 0.6) is 0 Å². The lowest BCUT2D eigenvalue weighted by Crippen LogP contribution is -2.23. The Balaban J connectivity index is 1.04. The number of hydrogen-bond acceptors (Lipinski definition) is 7. The molecule has 0 N–H and O–H groups in total. The lowest BCUT2D eigenvalue weighted by molar-refractivity contribution is 0.315. The van der Waals surface area contributed by atoms with Crippen LogP contribution in [0.3, 0.4) is 0 Å². The van der Waals surface area contributed by atoms with Gasteiger partial charge < -0.3 is 0 Å². The van der Waals surface area contributed by atoms with E-state index in [1.165, 1.54) is 49.6 Å². The van der Waals surface area contributed by atoms with Gasteiger partial charge in [0, 0.05) is 63.0 Å². The number of hydrogen-bond donors (Lipinski definition) is 0. The third-order valence-corrected chi connectivity index (χ3v) is 10.1. The van der Waals surface area contributed by atoms with E-state index in [1.807, 2.05) is 36.3 Å². The molecule has 0 aliphatic carbocycles. The quantitative estimate of drug-likeness (QED) is 0.119. The third kappa shape index (κ3) is 9.73. The third-order valence-electron chi connectivity index (χ3n) is 9.03. The molecule has 3 heterocycles. The summed E-state index contributed by atoms with van der Waals surface area (Å²) in [6, 6.07) is 35.0. The molecule has 1 atom stereocenters. The molecule has 1 aliphatic heterocycles. The minimum atomic E-state index is 0.218. The van der Waals surface area contributed by atoms with Crippen molar-refractivity contribution in [2.45, 2.75) is 52.6 Å². The predicted molar refractivity (Wildman–Crippen MR) is 206 cm³/mol. The van der Waals surface area contributed by atoms with Crippen LogP contribution in [0.2, 0.25) is 0 Å². The molecular formula is C42H48N6S. The highest BCUT2D eigenvalue weighted by atomic mass is 32.2. The predicted octanol–water partition coefficient (Wildman–Crippen LogP) is 8.34. The molecule has 252 valence electrons. The van der Waals surface area contributed by atoms with Gasteiger partial charge in [0.2, 0.25) is 0 Å². The highest BCUT2D eigenvalue weighted by molar-refractivity contribution is 8.14. The van der Waals surface area contributed by atoms with E-state index in [-0.39, 0.29) is 6.04 Å². The van der Waals surface area contributed by atoms with Gasteiger partial charge >= 0.3 is 0 Å². The number of nitrogens with zero attached hydrogens (tertiary/aromatic N) is 6. The largest absolute Gasteiger partial charge is 0.298 e. The van der Waals surface area contributed by atoms with E-state index in [0.29, 0.717) is 0 Å². The average molecular weight is 669 g/mol. The number of thioether (sulfide) groups is 1. The minimum absolute atomic E-state index is 0.218. The van der Waals surface area contributed by atoms with Crippen LogP contribution < -0.4 is 0 Å². The van der Waals surface area contributed by atoms with Gasteiger partial charge in [-0.15, -0.1) is 11.8 Å².